The summed E-state index contributed by atoms with van der Waals surface area (Å²) in [6.45, 7) is 4.03. The molecular weight excluding hydrogens is 366 g/mol. The van der Waals surface area contributed by atoms with Crippen LogP contribution in [0.15, 0.2) is 40.9 Å². The standard InChI is InChI=1S/C20H22BrNO2/c1-13-10-18(8-9-19(13)21)24-12-20(23)22-14(2)16-7-6-15-4-3-5-17(15)11-16/h6-11,14H,3-5,12H2,1-2H3,(H,22,23)/t14-/m0/s1. The van der Waals surface area contributed by atoms with Crippen molar-refractivity contribution in [1.29, 1.82) is 0 Å². The number of carbonyl (C=O) groups is 1. The highest BCUT2D eigenvalue weighted by Crippen LogP contribution is 2.25. The van der Waals surface area contributed by atoms with Gasteiger partial charge >= 0.3 is 0 Å². The number of fused-ring (bicyclic) bond motifs is 1. The lowest BCUT2D eigenvalue weighted by molar-refractivity contribution is -0.123. The molecule has 1 amide bonds. The molecule has 0 heterocycles. The van der Waals surface area contributed by atoms with Crippen molar-refractivity contribution >= 4 is 21.8 Å². The van der Waals surface area contributed by atoms with E-state index >= 15 is 0 Å². The molecule has 2 aromatic carbocycles. The van der Waals surface area contributed by atoms with E-state index in [0.717, 1.165) is 22.0 Å². The number of aryl methyl sites for hydroxylation is 3. The zero-order valence-corrected chi connectivity index (χ0v) is 15.7. The minimum Gasteiger partial charge on any atom is -0.484 e. The predicted molar refractivity (Wildman–Crippen MR) is 99.4 cm³/mol. The summed E-state index contributed by atoms with van der Waals surface area (Å²) in [5.74, 6) is 0.597. The summed E-state index contributed by atoms with van der Waals surface area (Å²) in [5, 5.41) is 3.01. The summed E-state index contributed by atoms with van der Waals surface area (Å²) in [5.41, 5.74) is 5.12. The zero-order valence-electron chi connectivity index (χ0n) is 14.1. The summed E-state index contributed by atoms with van der Waals surface area (Å²) in [6.07, 6.45) is 3.56. The van der Waals surface area contributed by atoms with Crippen molar-refractivity contribution in [3.63, 3.8) is 0 Å². The van der Waals surface area contributed by atoms with Gasteiger partial charge in [-0.2, -0.15) is 0 Å². The average Bonchev–Trinajstić information content (AvgIpc) is 3.03. The van der Waals surface area contributed by atoms with Gasteiger partial charge < -0.3 is 10.1 Å². The fourth-order valence-electron chi connectivity index (χ4n) is 3.08. The molecule has 3 nitrogen and oxygen atoms in total. The van der Waals surface area contributed by atoms with Crippen LogP contribution in [-0.4, -0.2) is 12.5 Å². The first-order valence-corrected chi connectivity index (χ1v) is 9.12. The summed E-state index contributed by atoms with van der Waals surface area (Å²) in [4.78, 5) is 12.1. The van der Waals surface area contributed by atoms with E-state index < -0.39 is 0 Å². The number of carbonyl (C=O) groups excluding carboxylic acids is 1. The second-order valence-corrected chi connectivity index (χ2v) is 7.22. The second kappa shape index (κ2) is 7.39. The van der Waals surface area contributed by atoms with Crippen LogP contribution in [0.4, 0.5) is 0 Å². The van der Waals surface area contributed by atoms with Gasteiger partial charge in [0.25, 0.3) is 5.91 Å². The third kappa shape index (κ3) is 3.99. The molecule has 0 spiro atoms. The smallest absolute Gasteiger partial charge is 0.258 e. The number of ether oxygens (including phenoxy) is 1. The number of amides is 1. The number of benzene rings is 2. The fraction of sp³-hybridized carbons (Fsp3) is 0.350. The molecule has 0 aliphatic heterocycles. The van der Waals surface area contributed by atoms with Crippen LogP contribution in [0, 0.1) is 6.92 Å². The van der Waals surface area contributed by atoms with Crippen LogP contribution in [-0.2, 0) is 17.6 Å². The third-order valence-electron chi connectivity index (χ3n) is 4.50. The van der Waals surface area contributed by atoms with E-state index in [1.807, 2.05) is 32.0 Å². The Hall–Kier alpha value is -1.81. The van der Waals surface area contributed by atoms with E-state index in [1.54, 1.807) is 0 Å². The molecule has 1 atom stereocenters. The average molecular weight is 388 g/mol. The first-order chi connectivity index (χ1) is 11.5. The molecule has 3 rings (SSSR count). The maximum Gasteiger partial charge on any atom is 0.258 e. The van der Waals surface area contributed by atoms with Crippen LogP contribution in [0.5, 0.6) is 5.75 Å². The Balaban J connectivity index is 1.55. The predicted octanol–water partition coefficient (Wildman–Crippen LogP) is 4.50. The highest BCUT2D eigenvalue weighted by molar-refractivity contribution is 9.10. The van der Waals surface area contributed by atoms with E-state index in [-0.39, 0.29) is 18.6 Å². The SMILES string of the molecule is Cc1cc(OCC(=O)N[C@@H](C)c2ccc3c(c2)CCC3)ccc1Br. The van der Waals surface area contributed by atoms with E-state index in [9.17, 15) is 4.79 Å². The van der Waals surface area contributed by atoms with Crippen LogP contribution in [0.2, 0.25) is 0 Å². The molecule has 126 valence electrons. The van der Waals surface area contributed by atoms with Crippen molar-refractivity contribution in [2.24, 2.45) is 0 Å². The van der Waals surface area contributed by atoms with Gasteiger partial charge in [-0.3, -0.25) is 4.79 Å². The van der Waals surface area contributed by atoms with E-state index in [4.69, 9.17) is 4.74 Å². The Bertz CT molecular complexity index is 757. The molecular formula is C20H22BrNO2. The van der Waals surface area contributed by atoms with Crippen molar-refractivity contribution in [2.45, 2.75) is 39.2 Å². The lowest BCUT2D eigenvalue weighted by atomic mass is 10.0. The van der Waals surface area contributed by atoms with Gasteiger partial charge in [-0.15, -0.1) is 0 Å². The van der Waals surface area contributed by atoms with Gasteiger partial charge in [0, 0.05) is 4.47 Å². The largest absolute Gasteiger partial charge is 0.484 e. The Labute approximate surface area is 151 Å². The Morgan fingerprint density at radius 1 is 1.21 bits per heavy atom. The quantitative estimate of drug-likeness (QED) is 0.819. The Morgan fingerprint density at radius 2 is 2.00 bits per heavy atom. The van der Waals surface area contributed by atoms with E-state index in [0.29, 0.717) is 5.75 Å². The van der Waals surface area contributed by atoms with Gasteiger partial charge in [-0.25, -0.2) is 0 Å². The minimum atomic E-state index is -0.108. The summed E-state index contributed by atoms with van der Waals surface area (Å²) >= 11 is 3.45. The maximum absolute atomic E-state index is 12.1. The van der Waals surface area contributed by atoms with Crippen LogP contribution >= 0.6 is 15.9 Å². The number of rotatable bonds is 5. The molecule has 0 radical (unpaired) electrons. The van der Waals surface area contributed by atoms with Gasteiger partial charge in [0.1, 0.15) is 5.75 Å². The highest BCUT2D eigenvalue weighted by Gasteiger charge is 2.15. The fourth-order valence-corrected chi connectivity index (χ4v) is 3.33. The van der Waals surface area contributed by atoms with Crippen LogP contribution in [0.25, 0.3) is 0 Å². The molecule has 0 fully saturated rings. The first-order valence-electron chi connectivity index (χ1n) is 8.33. The Morgan fingerprint density at radius 3 is 2.79 bits per heavy atom. The summed E-state index contributed by atoms with van der Waals surface area (Å²) in [6, 6.07) is 12.2. The number of hydrogen-bond acceptors (Lipinski definition) is 2. The molecule has 0 aromatic heterocycles. The van der Waals surface area contributed by atoms with Gasteiger partial charge in [-0.1, -0.05) is 34.1 Å². The normalized spacial score (nSPS) is 14.1. The topological polar surface area (TPSA) is 38.3 Å². The summed E-state index contributed by atoms with van der Waals surface area (Å²) < 4.78 is 6.61. The van der Waals surface area contributed by atoms with Crippen LogP contribution in [0.3, 0.4) is 0 Å². The van der Waals surface area contributed by atoms with Gasteiger partial charge in [0.2, 0.25) is 0 Å². The second-order valence-electron chi connectivity index (χ2n) is 6.37. The van der Waals surface area contributed by atoms with Gasteiger partial charge in [0.15, 0.2) is 6.61 Å². The molecule has 1 aliphatic carbocycles. The number of hydrogen-bond donors (Lipinski definition) is 1. The van der Waals surface area contributed by atoms with Gasteiger partial charge in [-0.05, 0) is 73.6 Å². The molecule has 0 bridgehead atoms. The highest BCUT2D eigenvalue weighted by atomic mass is 79.9. The maximum atomic E-state index is 12.1. The molecule has 0 unspecified atom stereocenters. The first kappa shape index (κ1) is 17.0. The lowest BCUT2D eigenvalue weighted by Crippen LogP contribution is -2.31. The van der Waals surface area contributed by atoms with Crippen molar-refractivity contribution < 1.29 is 9.53 Å². The van der Waals surface area contributed by atoms with E-state index in [1.165, 1.54) is 24.0 Å². The molecule has 1 aliphatic rings. The summed E-state index contributed by atoms with van der Waals surface area (Å²) in [7, 11) is 0. The molecule has 24 heavy (non-hydrogen) atoms. The molecule has 1 N–H and O–H groups in total. The van der Waals surface area contributed by atoms with Crippen molar-refractivity contribution in [2.75, 3.05) is 6.61 Å². The van der Waals surface area contributed by atoms with Crippen LogP contribution < -0.4 is 10.1 Å². The third-order valence-corrected chi connectivity index (χ3v) is 5.39. The molecule has 0 saturated heterocycles. The van der Waals surface area contributed by atoms with Crippen molar-refractivity contribution in [3.05, 3.63) is 63.1 Å². The van der Waals surface area contributed by atoms with Gasteiger partial charge in [0.05, 0.1) is 6.04 Å². The molecule has 0 saturated carbocycles. The van der Waals surface area contributed by atoms with Crippen molar-refractivity contribution in [3.8, 4) is 5.75 Å². The number of nitrogens with one attached hydrogen (secondary N) is 1. The Kier molecular flexibility index (Phi) is 5.24. The van der Waals surface area contributed by atoms with E-state index in [2.05, 4.69) is 39.4 Å². The zero-order chi connectivity index (χ0) is 17.1. The lowest BCUT2D eigenvalue weighted by Gasteiger charge is -2.16. The monoisotopic (exact) mass is 387 g/mol. The van der Waals surface area contributed by atoms with Crippen molar-refractivity contribution in [1.82, 2.24) is 5.32 Å². The number of halogens is 1. The molecule has 2 aromatic rings. The molecule has 4 heteroatoms. The van der Waals surface area contributed by atoms with Crippen LogP contribution in [0.1, 0.15) is 41.6 Å². The minimum absolute atomic E-state index is 0.0151.